The van der Waals surface area contributed by atoms with Crippen molar-refractivity contribution in [1.29, 1.82) is 0 Å². The maximum Gasteiger partial charge on any atom is 0.322 e. The Morgan fingerprint density at radius 2 is 2.17 bits per heavy atom. The molecule has 2 amide bonds. The number of nitrogens with zero attached hydrogens (tertiary/aromatic N) is 2. The van der Waals surface area contributed by atoms with Gasteiger partial charge in [0, 0.05) is 19.8 Å². The summed E-state index contributed by atoms with van der Waals surface area (Å²) >= 11 is 0. The first-order valence-corrected chi connectivity index (χ1v) is 7.44. The third-order valence-corrected chi connectivity index (χ3v) is 3.80. The van der Waals surface area contributed by atoms with Crippen molar-refractivity contribution in [3.8, 4) is 0 Å². The second kappa shape index (κ2) is 6.29. The average Bonchev–Trinajstić information content (AvgIpc) is 2.98. The second-order valence-electron chi connectivity index (χ2n) is 5.52. The molecule has 3 rings (SSSR count). The molecular weight excluding hydrogens is 298 g/mol. The van der Waals surface area contributed by atoms with E-state index in [1.54, 1.807) is 30.3 Å². The minimum Gasteiger partial charge on any atom is -0.464 e. The van der Waals surface area contributed by atoms with E-state index in [4.69, 9.17) is 9.15 Å². The van der Waals surface area contributed by atoms with Crippen molar-refractivity contribution in [1.82, 2.24) is 9.47 Å². The van der Waals surface area contributed by atoms with Crippen LogP contribution in [0, 0.1) is 6.92 Å². The number of carbonyl (C=O) groups is 1. The fraction of sp³-hybridized carbons (Fsp3) is 0.375. The number of amides is 2. The molecule has 1 fully saturated rings. The number of furan rings is 1. The van der Waals surface area contributed by atoms with E-state index in [0.29, 0.717) is 25.5 Å². The molecule has 1 aliphatic heterocycles. The van der Waals surface area contributed by atoms with Gasteiger partial charge < -0.3 is 23.9 Å². The van der Waals surface area contributed by atoms with Gasteiger partial charge in [0.15, 0.2) is 0 Å². The van der Waals surface area contributed by atoms with Crippen LogP contribution >= 0.6 is 0 Å². The normalized spacial score (nSPS) is 18.0. The Morgan fingerprint density at radius 1 is 1.35 bits per heavy atom. The van der Waals surface area contributed by atoms with Crippen LogP contribution in [0.25, 0.3) is 0 Å². The summed E-state index contributed by atoms with van der Waals surface area (Å²) in [7, 11) is 1.64. The second-order valence-corrected chi connectivity index (χ2v) is 5.52. The predicted octanol–water partition coefficient (Wildman–Crippen LogP) is 1.89. The zero-order valence-corrected chi connectivity index (χ0v) is 13.1. The Morgan fingerprint density at radius 3 is 2.91 bits per heavy atom. The predicted molar refractivity (Wildman–Crippen MR) is 84.4 cm³/mol. The summed E-state index contributed by atoms with van der Waals surface area (Å²) in [5, 5.41) is 2.67. The van der Waals surface area contributed by atoms with Gasteiger partial charge >= 0.3 is 6.03 Å². The van der Waals surface area contributed by atoms with Gasteiger partial charge in [0.1, 0.15) is 23.3 Å². The molecule has 7 heteroatoms. The number of nitrogens with one attached hydrogen (secondary N) is 1. The molecule has 0 saturated carbocycles. The van der Waals surface area contributed by atoms with Gasteiger partial charge in [0.25, 0.3) is 5.56 Å². The van der Waals surface area contributed by atoms with Gasteiger partial charge in [-0.3, -0.25) is 4.79 Å². The third-order valence-electron chi connectivity index (χ3n) is 3.80. The number of ether oxygens (including phenoxy) is 1. The molecule has 3 heterocycles. The number of morpholine rings is 1. The summed E-state index contributed by atoms with van der Waals surface area (Å²) in [5.41, 5.74) is 0.0178. The zero-order valence-electron chi connectivity index (χ0n) is 13.1. The van der Waals surface area contributed by atoms with E-state index in [1.807, 2.05) is 19.1 Å². The van der Waals surface area contributed by atoms with Crippen LogP contribution in [0.2, 0.25) is 0 Å². The molecule has 0 aliphatic carbocycles. The highest BCUT2D eigenvalue weighted by Crippen LogP contribution is 2.24. The molecule has 1 N–H and O–H groups in total. The van der Waals surface area contributed by atoms with E-state index in [-0.39, 0.29) is 23.4 Å². The summed E-state index contributed by atoms with van der Waals surface area (Å²) in [4.78, 5) is 26.0. The van der Waals surface area contributed by atoms with Gasteiger partial charge in [-0.2, -0.15) is 0 Å². The molecule has 1 aliphatic rings. The molecule has 1 saturated heterocycles. The molecule has 7 nitrogen and oxygen atoms in total. The summed E-state index contributed by atoms with van der Waals surface area (Å²) < 4.78 is 12.7. The Balaban J connectivity index is 1.70. The van der Waals surface area contributed by atoms with Crippen LogP contribution in [0.1, 0.15) is 17.6 Å². The molecule has 0 radical (unpaired) electrons. The van der Waals surface area contributed by atoms with E-state index < -0.39 is 0 Å². The molecule has 0 spiro atoms. The van der Waals surface area contributed by atoms with Crippen molar-refractivity contribution in [3.63, 3.8) is 0 Å². The van der Waals surface area contributed by atoms with Crippen molar-refractivity contribution in [2.24, 2.45) is 7.05 Å². The van der Waals surface area contributed by atoms with E-state index in [9.17, 15) is 9.59 Å². The highest BCUT2D eigenvalue weighted by Gasteiger charge is 2.27. The van der Waals surface area contributed by atoms with Crippen LogP contribution in [-0.4, -0.2) is 35.2 Å². The first-order chi connectivity index (χ1) is 11.0. The van der Waals surface area contributed by atoms with Crippen molar-refractivity contribution < 1.29 is 13.9 Å². The van der Waals surface area contributed by atoms with Crippen LogP contribution in [0.3, 0.4) is 0 Å². The number of pyridine rings is 1. The first-order valence-electron chi connectivity index (χ1n) is 7.44. The minimum atomic E-state index is -0.315. The number of aryl methyl sites for hydroxylation is 2. The molecule has 122 valence electrons. The lowest BCUT2D eigenvalue weighted by molar-refractivity contribution is -0.0246. The minimum absolute atomic E-state index is 0.243. The number of anilines is 1. The number of urea groups is 1. The fourth-order valence-corrected chi connectivity index (χ4v) is 2.52. The van der Waals surface area contributed by atoms with E-state index >= 15 is 0 Å². The van der Waals surface area contributed by atoms with Crippen molar-refractivity contribution in [2.75, 3.05) is 25.0 Å². The maximum absolute atomic E-state index is 12.4. The maximum atomic E-state index is 12.4. The summed E-state index contributed by atoms with van der Waals surface area (Å²) in [6.45, 7) is 3.13. The number of hydrogen-bond acceptors (Lipinski definition) is 4. The molecule has 1 atom stereocenters. The quantitative estimate of drug-likeness (QED) is 0.917. The number of aromatic nitrogens is 1. The van der Waals surface area contributed by atoms with Gasteiger partial charge in [-0.25, -0.2) is 4.79 Å². The van der Waals surface area contributed by atoms with Crippen molar-refractivity contribution in [2.45, 2.75) is 13.0 Å². The van der Waals surface area contributed by atoms with E-state index in [0.717, 1.165) is 5.76 Å². The molecule has 0 aromatic carbocycles. The Hall–Kier alpha value is -2.54. The van der Waals surface area contributed by atoms with Crippen LogP contribution in [0.15, 0.2) is 39.7 Å². The smallest absolute Gasteiger partial charge is 0.322 e. The first kappa shape index (κ1) is 15.4. The fourth-order valence-electron chi connectivity index (χ4n) is 2.52. The zero-order chi connectivity index (χ0) is 16.4. The number of carbonyl (C=O) groups excluding carboxylic acids is 1. The van der Waals surface area contributed by atoms with Gasteiger partial charge in [0.05, 0.1) is 13.2 Å². The van der Waals surface area contributed by atoms with Crippen LogP contribution in [0.5, 0.6) is 0 Å². The summed E-state index contributed by atoms with van der Waals surface area (Å²) in [5.74, 6) is 1.51. The average molecular weight is 317 g/mol. The molecule has 2 aromatic heterocycles. The molecular formula is C16H19N3O4. The van der Waals surface area contributed by atoms with Gasteiger partial charge in [0.2, 0.25) is 0 Å². The standard InChI is InChI=1S/C16H19N3O4/c1-11-5-6-13(23-11)14-10-19(8-9-22-14)16(21)17-12-4-3-7-18(2)15(12)20/h3-7,14H,8-10H2,1-2H3,(H,17,21)/t14-/m0/s1. The van der Waals surface area contributed by atoms with Crippen LogP contribution < -0.4 is 10.9 Å². The summed E-state index contributed by atoms with van der Waals surface area (Å²) in [6.07, 6.45) is 1.35. The highest BCUT2D eigenvalue weighted by molar-refractivity contribution is 5.89. The Labute approximate surface area is 133 Å². The molecule has 0 bridgehead atoms. The Bertz CT molecular complexity index is 765. The monoisotopic (exact) mass is 317 g/mol. The van der Waals surface area contributed by atoms with E-state index in [2.05, 4.69) is 5.32 Å². The summed E-state index contributed by atoms with van der Waals surface area (Å²) in [6, 6.07) is 6.71. The third kappa shape index (κ3) is 3.29. The van der Waals surface area contributed by atoms with Crippen molar-refractivity contribution in [3.05, 3.63) is 52.3 Å². The lowest BCUT2D eigenvalue weighted by atomic mass is 10.2. The highest BCUT2D eigenvalue weighted by atomic mass is 16.5. The largest absolute Gasteiger partial charge is 0.464 e. The van der Waals surface area contributed by atoms with Gasteiger partial charge in [-0.05, 0) is 31.2 Å². The van der Waals surface area contributed by atoms with Gasteiger partial charge in [-0.1, -0.05) is 0 Å². The lowest BCUT2D eigenvalue weighted by Crippen LogP contribution is -2.45. The van der Waals surface area contributed by atoms with E-state index in [1.165, 1.54) is 4.57 Å². The van der Waals surface area contributed by atoms with Crippen molar-refractivity contribution >= 4 is 11.7 Å². The number of hydrogen-bond donors (Lipinski definition) is 1. The molecule has 0 unspecified atom stereocenters. The topological polar surface area (TPSA) is 76.7 Å². The molecule has 2 aromatic rings. The SMILES string of the molecule is Cc1ccc([C@@H]2CN(C(=O)Nc3cccn(C)c3=O)CCO2)o1. The lowest BCUT2D eigenvalue weighted by Gasteiger charge is -2.31. The molecule has 23 heavy (non-hydrogen) atoms. The number of rotatable bonds is 2. The van der Waals surface area contributed by atoms with Gasteiger partial charge in [-0.15, -0.1) is 0 Å². The van der Waals surface area contributed by atoms with Crippen LogP contribution in [0.4, 0.5) is 10.5 Å². The van der Waals surface area contributed by atoms with Crippen LogP contribution in [-0.2, 0) is 11.8 Å². The Kier molecular flexibility index (Phi) is 4.20.